The second-order valence-electron chi connectivity index (χ2n) is 7.21. The van der Waals surface area contributed by atoms with Crippen LogP contribution < -0.4 is 5.32 Å². The average molecular weight is 367 g/mol. The molecule has 1 fully saturated rings. The maximum absolute atomic E-state index is 12.8. The molecule has 0 aliphatic carbocycles. The lowest BCUT2D eigenvalue weighted by Crippen LogP contribution is -2.40. The van der Waals surface area contributed by atoms with Gasteiger partial charge in [-0.15, -0.1) is 0 Å². The first-order valence-electron chi connectivity index (χ1n) is 9.77. The van der Waals surface area contributed by atoms with Gasteiger partial charge in [0, 0.05) is 32.5 Å². The SMILES string of the molecule is Cc1cccnc1CN(Cc1ccccc1)C(=O)NCCC[C@@H]1CCOC1. The Labute approximate surface area is 161 Å². The number of rotatable bonds is 8. The number of hydrogen-bond acceptors (Lipinski definition) is 3. The quantitative estimate of drug-likeness (QED) is 0.720. The zero-order chi connectivity index (χ0) is 18.9. The molecule has 27 heavy (non-hydrogen) atoms. The maximum Gasteiger partial charge on any atom is 0.318 e. The number of urea groups is 1. The summed E-state index contributed by atoms with van der Waals surface area (Å²) in [5.74, 6) is 0.651. The number of nitrogens with one attached hydrogen (secondary N) is 1. The Kier molecular flexibility index (Phi) is 7.22. The van der Waals surface area contributed by atoms with E-state index < -0.39 is 0 Å². The van der Waals surface area contributed by atoms with Crippen molar-refractivity contribution in [1.29, 1.82) is 0 Å². The summed E-state index contributed by atoms with van der Waals surface area (Å²) in [6, 6.07) is 14.0. The molecule has 1 N–H and O–H groups in total. The fourth-order valence-corrected chi connectivity index (χ4v) is 3.38. The van der Waals surface area contributed by atoms with E-state index in [1.807, 2.05) is 54.3 Å². The monoisotopic (exact) mass is 367 g/mol. The number of benzene rings is 1. The van der Waals surface area contributed by atoms with Crippen LogP contribution in [0.2, 0.25) is 0 Å². The number of aryl methyl sites for hydroxylation is 1. The number of carbonyl (C=O) groups is 1. The van der Waals surface area contributed by atoms with Crippen molar-refractivity contribution in [3.63, 3.8) is 0 Å². The largest absolute Gasteiger partial charge is 0.381 e. The molecule has 1 aliphatic heterocycles. The molecule has 1 aromatic carbocycles. The molecule has 1 saturated heterocycles. The zero-order valence-electron chi connectivity index (χ0n) is 16.1. The van der Waals surface area contributed by atoms with Crippen molar-refractivity contribution in [2.75, 3.05) is 19.8 Å². The van der Waals surface area contributed by atoms with Crippen LogP contribution in [0, 0.1) is 12.8 Å². The topological polar surface area (TPSA) is 54.5 Å². The highest BCUT2D eigenvalue weighted by Crippen LogP contribution is 2.17. The Morgan fingerprint density at radius 1 is 1.22 bits per heavy atom. The van der Waals surface area contributed by atoms with Crippen LogP contribution in [0.3, 0.4) is 0 Å². The molecule has 1 atom stereocenters. The minimum atomic E-state index is -0.0356. The van der Waals surface area contributed by atoms with E-state index >= 15 is 0 Å². The number of ether oxygens (including phenoxy) is 1. The summed E-state index contributed by atoms with van der Waals surface area (Å²) in [7, 11) is 0. The van der Waals surface area contributed by atoms with E-state index in [0.29, 0.717) is 25.6 Å². The summed E-state index contributed by atoms with van der Waals surface area (Å²) < 4.78 is 5.41. The zero-order valence-corrected chi connectivity index (χ0v) is 16.1. The van der Waals surface area contributed by atoms with Gasteiger partial charge in [0.05, 0.1) is 12.2 Å². The van der Waals surface area contributed by atoms with Crippen LogP contribution >= 0.6 is 0 Å². The van der Waals surface area contributed by atoms with Gasteiger partial charge in [-0.25, -0.2) is 4.79 Å². The van der Waals surface area contributed by atoms with E-state index in [0.717, 1.165) is 49.3 Å². The molecule has 3 rings (SSSR count). The summed E-state index contributed by atoms with van der Waals surface area (Å²) >= 11 is 0. The van der Waals surface area contributed by atoms with E-state index in [1.165, 1.54) is 0 Å². The van der Waals surface area contributed by atoms with Gasteiger partial charge in [0.15, 0.2) is 0 Å². The number of carbonyl (C=O) groups excluding carboxylic acids is 1. The number of amides is 2. The van der Waals surface area contributed by atoms with E-state index in [4.69, 9.17) is 4.74 Å². The first-order valence-corrected chi connectivity index (χ1v) is 9.77. The average Bonchev–Trinajstić information content (AvgIpc) is 3.20. The van der Waals surface area contributed by atoms with Crippen LogP contribution in [0.25, 0.3) is 0 Å². The lowest BCUT2D eigenvalue weighted by Gasteiger charge is -2.24. The Hall–Kier alpha value is -2.40. The molecule has 1 aromatic heterocycles. The van der Waals surface area contributed by atoms with Gasteiger partial charge >= 0.3 is 6.03 Å². The van der Waals surface area contributed by atoms with Crippen molar-refractivity contribution in [1.82, 2.24) is 15.2 Å². The van der Waals surface area contributed by atoms with Gasteiger partial charge in [0.2, 0.25) is 0 Å². The Morgan fingerprint density at radius 2 is 2.07 bits per heavy atom. The normalized spacial score (nSPS) is 16.3. The molecule has 1 aliphatic rings. The van der Waals surface area contributed by atoms with Crippen LogP contribution in [-0.2, 0) is 17.8 Å². The summed E-state index contributed by atoms with van der Waals surface area (Å²) in [5, 5.41) is 3.09. The van der Waals surface area contributed by atoms with Crippen LogP contribution in [0.4, 0.5) is 4.79 Å². The van der Waals surface area contributed by atoms with Crippen LogP contribution in [0.5, 0.6) is 0 Å². The highest BCUT2D eigenvalue weighted by Gasteiger charge is 2.17. The maximum atomic E-state index is 12.8. The van der Waals surface area contributed by atoms with Gasteiger partial charge < -0.3 is 15.0 Å². The number of nitrogens with zero attached hydrogens (tertiary/aromatic N) is 2. The molecule has 144 valence electrons. The molecule has 0 spiro atoms. The van der Waals surface area contributed by atoms with Gasteiger partial charge in [-0.1, -0.05) is 36.4 Å². The summed E-state index contributed by atoms with van der Waals surface area (Å²) in [4.78, 5) is 19.1. The van der Waals surface area contributed by atoms with Gasteiger partial charge in [-0.3, -0.25) is 4.98 Å². The van der Waals surface area contributed by atoms with E-state index in [-0.39, 0.29) is 6.03 Å². The highest BCUT2D eigenvalue weighted by molar-refractivity contribution is 5.74. The van der Waals surface area contributed by atoms with Crippen molar-refractivity contribution in [3.8, 4) is 0 Å². The Balaban J connectivity index is 1.57. The van der Waals surface area contributed by atoms with Crippen molar-refractivity contribution in [2.24, 2.45) is 5.92 Å². The van der Waals surface area contributed by atoms with Gasteiger partial charge in [-0.05, 0) is 49.3 Å². The number of hydrogen-bond donors (Lipinski definition) is 1. The predicted molar refractivity (Wildman–Crippen MR) is 106 cm³/mol. The third-order valence-electron chi connectivity index (χ3n) is 5.05. The minimum absolute atomic E-state index is 0.0356. The van der Waals surface area contributed by atoms with E-state index in [9.17, 15) is 4.79 Å². The highest BCUT2D eigenvalue weighted by atomic mass is 16.5. The lowest BCUT2D eigenvalue weighted by atomic mass is 10.0. The standard InChI is InChI=1S/C22H29N3O2/c1-18-7-5-12-23-21(18)16-25(15-19-8-3-2-4-9-19)22(26)24-13-6-10-20-11-14-27-17-20/h2-5,7-9,12,20H,6,10-11,13-17H2,1H3,(H,24,26)/t20-/m1/s1. The number of pyridine rings is 1. The second-order valence-corrected chi connectivity index (χ2v) is 7.21. The second kappa shape index (κ2) is 10.1. The predicted octanol–water partition coefficient (Wildman–Crippen LogP) is 3.92. The Bertz CT molecular complexity index is 715. The Morgan fingerprint density at radius 3 is 2.81 bits per heavy atom. The van der Waals surface area contributed by atoms with E-state index in [1.54, 1.807) is 6.20 Å². The fraction of sp³-hybridized carbons (Fsp3) is 0.455. The first-order chi connectivity index (χ1) is 13.2. The van der Waals surface area contributed by atoms with Crippen LogP contribution in [0.1, 0.15) is 36.1 Å². The van der Waals surface area contributed by atoms with Crippen LogP contribution in [0.15, 0.2) is 48.7 Å². The summed E-state index contributed by atoms with van der Waals surface area (Å²) in [6.07, 6.45) is 5.03. The lowest BCUT2D eigenvalue weighted by molar-refractivity contribution is 0.182. The molecule has 0 bridgehead atoms. The molecule has 0 radical (unpaired) electrons. The van der Waals surface area contributed by atoms with Crippen molar-refractivity contribution in [3.05, 3.63) is 65.5 Å². The van der Waals surface area contributed by atoms with Gasteiger partial charge in [0.1, 0.15) is 0 Å². The fourth-order valence-electron chi connectivity index (χ4n) is 3.38. The van der Waals surface area contributed by atoms with Gasteiger partial charge in [0.25, 0.3) is 0 Å². The molecule has 2 aromatic rings. The molecule has 5 heteroatoms. The molecular weight excluding hydrogens is 338 g/mol. The molecular formula is C22H29N3O2. The van der Waals surface area contributed by atoms with Crippen molar-refractivity contribution in [2.45, 2.75) is 39.3 Å². The first kappa shape index (κ1) is 19.4. The minimum Gasteiger partial charge on any atom is -0.381 e. The number of aromatic nitrogens is 1. The molecule has 2 heterocycles. The third-order valence-corrected chi connectivity index (χ3v) is 5.05. The smallest absolute Gasteiger partial charge is 0.318 e. The third kappa shape index (κ3) is 6.07. The molecule has 2 amide bonds. The van der Waals surface area contributed by atoms with E-state index in [2.05, 4.69) is 10.3 Å². The van der Waals surface area contributed by atoms with Crippen molar-refractivity contribution < 1.29 is 9.53 Å². The van der Waals surface area contributed by atoms with Gasteiger partial charge in [-0.2, -0.15) is 0 Å². The van der Waals surface area contributed by atoms with Crippen molar-refractivity contribution >= 4 is 6.03 Å². The molecule has 5 nitrogen and oxygen atoms in total. The summed E-state index contributed by atoms with van der Waals surface area (Å²) in [6.45, 7) is 5.55. The molecule has 0 unspecified atom stereocenters. The summed E-state index contributed by atoms with van der Waals surface area (Å²) in [5.41, 5.74) is 3.15. The van der Waals surface area contributed by atoms with Crippen LogP contribution in [-0.4, -0.2) is 35.7 Å². The molecule has 0 saturated carbocycles.